The Labute approximate surface area is 82.0 Å². The van der Waals surface area contributed by atoms with Gasteiger partial charge in [-0.2, -0.15) is 0 Å². The van der Waals surface area contributed by atoms with Crippen LogP contribution in [0.15, 0.2) is 0 Å². The van der Waals surface area contributed by atoms with E-state index in [1.807, 2.05) is 0 Å². The summed E-state index contributed by atoms with van der Waals surface area (Å²) >= 11 is 2.68. The molecule has 0 amide bonds. The predicted molar refractivity (Wildman–Crippen MR) is 24.9 cm³/mol. The Balaban J connectivity index is 0. The number of hydrogen-bond donors (Lipinski definition) is 0. The van der Waals surface area contributed by atoms with E-state index < -0.39 is 11.9 Å². The topological polar surface area (TPSA) is 66.4 Å². The van der Waals surface area contributed by atoms with Gasteiger partial charge in [-0.15, -0.1) is 0 Å². The summed E-state index contributed by atoms with van der Waals surface area (Å²) in [4.78, 5) is 19.3. The molecule has 0 spiro atoms. The largest absolute Gasteiger partial charge is 1.00 e. The second kappa shape index (κ2) is 6.54. The molecule has 9 heavy (non-hydrogen) atoms. The van der Waals surface area contributed by atoms with Crippen LogP contribution in [0.4, 0.5) is 0 Å². The summed E-state index contributed by atoms with van der Waals surface area (Å²) in [5.74, 6) is -3.19. The zero-order valence-electron chi connectivity index (χ0n) is 4.72. The molecule has 0 radical (unpaired) electrons. The third-order valence-corrected chi connectivity index (χ3v) is 0.581. The number of esters is 1. The molecule has 0 heterocycles. The number of carboxylic acid groups (broad SMARTS) is 1. The van der Waals surface area contributed by atoms with E-state index in [1.165, 1.54) is 0 Å². The average molecular weight is 205 g/mol. The fourth-order valence-electron chi connectivity index (χ4n) is 0.108. The molecular formula is C3H2BrNaO4. The van der Waals surface area contributed by atoms with Crippen LogP contribution in [0.5, 0.6) is 0 Å². The smallest absolute Gasteiger partial charge is 0.539 e. The number of carbonyl (C=O) groups excluding carboxylic acids is 2. The standard InChI is InChI=1S/C3H3BrO4.Na/c4-1-8-3(7)2(5)6;/h1H2,(H,5,6);/q;+1/p-1. The maximum Gasteiger partial charge on any atom is 1.00 e. The molecule has 0 saturated heterocycles. The van der Waals surface area contributed by atoms with Crippen LogP contribution in [0.3, 0.4) is 0 Å². The van der Waals surface area contributed by atoms with Crippen LogP contribution in [0.2, 0.25) is 0 Å². The Kier molecular flexibility index (Phi) is 8.81. The zero-order chi connectivity index (χ0) is 6.57. The van der Waals surface area contributed by atoms with E-state index in [1.54, 1.807) is 0 Å². The summed E-state index contributed by atoms with van der Waals surface area (Å²) in [6, 6.07) is 0. The van der Waals surface area contributed by atoms with E-state index in [-0.39, 0.29) is 35.1 Å². The van der Waals surface area contributed by atoms with Crippen molar-refractivity contribution in [3.8, 4) is 0 Å². The predicted octanol–water partition coefficient (Wildman–Crippen LogP) is -4.36. The van der Waals surface area contributed by atoms with E-state index in [0.29, 0.717) is 0 Å². The van der Waals surface area contributed by atoms with Crippen LogP contribution in [0.25, 0.3) is 0 Å². The van der Waals surface area contributed by atoms with Crippen molar-refractivity contribution in [1.29, 1.82) is 0 Å². The van der Waals surface area contributed by atoms with E-state index in [0.717, 1.165) is 0 Å². The van der Waals surface area contributed by atoms with Crippen molar-refractivity contribution in [2.45, 2.75) is 0 Å². The van der Waals surface area contributed by atoms with Gasteiger partial charge >= 0.3 is 35.5 Å². The maximum absolute atomic E-state index is 9.83. The molecule has 0 N–H and O–H groups in total. The summed E-state index contributed by atoms with van der Waals surface area (Å²) in [7, 11) is 0. The molecule has 0 aliphatic rings. The van der Waals surface area contributed by atoms with Crippen LogP contribution < -0.4 is 34.7 Å². The molecule has 0 unspecified atom stereocenters. The third kappa shape index (κ3) is 6.30. The first-order valence-electron chi connectivity index (χ1n) is 1.62. The van der Waals surface area contributed by atoms with E-state index in [4.69, 9.17) is 0 Å². The van der Waals surface area contributed by atoms with Gasteiger partial charge in [0.2, 0.25) is 0 Å². The molecule has 0 aliphatic heterocycles. The van der Waals surface area contributed by atoms with Crippen molar-refractivity contribution >= 4 is 27.9 Å². The normalized spacial score (nSPS) is 7.22. The molecule has 0 aromatic heterocycles. The van der Waals surface area contributed by atoms with Crippen molar-refractivity contribution in [2.75, 3.05) is 5.52 Å². The number of rotatable bonds is 1. The van der Waals surface area contributed by atoms with Gasteiger partial charge in [0.25, 0.3) is 0 Å². The molecule has 0 aliphatic carbocycles. The first-order chi connectivity index (χ1) is 3.68. The first-order valence-corrected chi connectivity index (χ1v) is 2.74. The van der Waals surface area contributed by atoms with E-state index in [2.05, 4.69) is 20.7 Å². The Bertz CT molecular complexity index is 114. The second-order valence-corrected chi connectivity index (χ2v) is 1.29. The van der Waals surface area contributed by atoms with Gasteiger partial charge in [-0.25, -0.2) is 4.79 Å². The third-order valence-electron chi connectivity index (χ3n) is 0.352. The zero-order valence-corrected chi connectivity index (χ0v) is 8.30. The van der Waals surface area contributed by atoms with Crippen LogP contribution in [-0.2, 0) is 14.3 Å². The number of carbonyl (C=O) groups is 2. The first kappa shape index (κ1) is 12.1. The van der Waals surface area contributed by atoms with Gasteiger partial charge < -0.3 is 14.6 Å². The minimum atomic E-state index is -1.83. The van der Waals surface area contributed by atoms with E-state index >= 15 is 0 Å². The van der Waals surface area contributed by atoms with Gasteiger partial charge in [0, 0.05) is 0 Å². The molecule has 6 heteroatoms. The number of carboxylic acids is 1. The fraction of sp³-hybridized carbons (Fsp3) is 0.333. The number of alkyl halides is 1. The minimum Gasteiger partial charge on any atom is -0.539 e. The maximum atomic E-state index is 9.83. The van der Waals surface area contributed by atoms with Gasteiger partial charge in [0.05, 0.1) is 0 Å². The van der Waals surface area contributed by atoms with Crippen molar-refractivity contribution in [1.82, 2.24) is 0 Å². The molecule has 0 bridgehead atoms. The molecule has 4 nitrogen and oxygen atoms in total. The average Bonchev–Trinajstić information content (AvgIpc) is 1.67. The Morgan fingerprint density at radius 2 is 2.00 bits per heavy atom. The number of hydrogen-bond acceptors (Lipinski definition) is 4. The molecule has 0 rings (SSSR count). The van der Waals surface area contributed by atoms with Crippen molar-refractivity contribution in [3.05, 3.63) is 0 Å². The second-order valence-electron chi connectivity index (χ2n) is 0.828. The van der Waals surface area contributed by atoms with E-state index in [9.17, 15) is 14.7 Å². The van der Waals surface area contributed by atoms with Crippen molar-refractivity contribution < 1.29 is 49.0 Å². The molecule has 0 saturated carbocycles. The number of aliphatic carboxylic acids is 1. The van der Waals surface area contributed by atoms with Crippen molar-refractivity contribution in [3.63, 3.8) is 0 Å². The van der Waals surface area contributed by atoms with Gasteiger partial charge in [0.1, 0.15) is 5.52 Å². The van der Waals surface area contributed by atoms with Crippen LogP contribution in [0.1, 0.15) is 0 Å². The molecule has 0 aromatic rings. The summed E-state index contributed by atoms with van der Waals surface area (Å²) in [6.07, 6.45) is 0. The summed E-state index contributed by atoms with van der Waals surface area (Å²) in [5, 5.41) is 9.48. The summed E-state index contributed by atoms with van der Waals surface area (Å²) in [5.41, 5.74) is -0.125. The van der Waals surface area contributed by atoms with Gasteiger partial charge in [-0.3, -0.25) is 0 Å². The van der Waals surface area contributed by atoms with Crippen molar-refractivity contribution in [2.24, 2.45) is 0 Å². The minimum absolute atomic E-state index is 0. The molecule has 0 aromatic carbocycles. The molecule has 0 fully saturated rings. The summed E-state index contributed by atoms with van der Waals surface area (Å²) < 4.78 is 3.92. The van der Waals surface area contributed by atoms with Crippen LogP contribution in [-0.4, -0.2) is 17.5 Å². The number of halogens is 1. The van der Waals surface area contributed by atoms with Gasteiger partial charge in [-0.05, 0) is 15.9 Å². The SMILES string of the molecule is O=C([O-])C(=O)OCBr.[Na+]. The molecule has 46 valence electrons. The van der Waals surface area contributed by atoms with Crippen LogP contribution in [0, 0.1) is 0 Å². The quantitative estimate of drug-likeness (QED) is 0.188. The van der Waals surface area contributed by atoms with Gasteiger partial charge in [0.15, 0.2) is 5.97 Å². The molecule has 0 atom stereocenters. The van der Waals surface area contributed by atoms with Gasteiger partial charge in [-0.1, -0.05) is 0 Å². The fourth-order valence-corrected chi connectivity index (χ4v) is 0.316. The Hall–Kier alpha value is 0.420. The number of ether oxygens (including phenoxy) is 1. The molecular weight excluding hydrogens is 203 g/mol. The van der Waals surface area contributed by atoms with Crippen LogP contribution >= 0.6 is 15.9 Å². The monoisotopic (exact) mass is 204 g/mol. The Morgan fingerprint density at radius 1 is 1.56 bits per heavy atom. The Morgan fingerprint density at radius 3 is 2.11 bits per heavy atom. The summed E-state index contributed by atoms with van der Waals surface area (Å²) in [6.45, 7) is 0.